The molecule has 0 radical (unpaired) electrons. The van der Waals surface area contributed by atoms with Gasteiger partial charge in [-0.15, -0.1) is 24.0 Å². The molecule has 1 aliphatic heterocycles. The van der Waals surface area contributed by atoms with Crippen LogP contribution < -0.4 is 15.5 Å². The zero-order valence-corrected chi connectivity index (χ0v) is 18.0. The number of allylic oxidation sites excluding steroid dienone is 1. The number of halogens is 1. The predicted octanol–water partition coefficient (Wildman–Crippen LogP) is 4.24. The average molecular weight is 466 g/mol. The Balaban J connectivity index is 0.00000243. The first kappa shape index (κ1) is 20.8. The van der Waals surface area contributed by atoms with Crippen LogP contribution in [0.3, 0.4) is 0 Å². The van der Waals surface area contributed by atoms with Crippen molar-refractivity contribution in [3.63, 3.8) is 0 Å². The molecule has 0 amide bonds. The SMILES string of the molecule is CN=C(NCCC1=CCCCC1)NCc1cccc(N2CC=CC2)c1.I. The molecular formula is C21H31IN4. The minimum Gasteiger partial charge on any atom is -0.364 e. The third-order valence-electron chi connectivity index (χ3n) is 4.90. The molecule has 0 saturated heterocycles. The maximum Gasteiger partial charge on any atom is 0.191 e. The van der Waals surface area contributed by atoms with Crippen molar-refractivity contribution in [1.29, 1.82) is 0 Å². The van der Waals surface area contributed by atoms with E-state index in [0.29, 0.717) is 0 Å². The molecule has 1 aromatic carbocycles. The van der Waals surface area contributed by atoms with Crippen molar-refractivity contribution in [1.82, 2.24) is 10.6 Å². The van der Waals surface area contributed by atoms with Crippen LogP contribution in [-0.2, 0) is 6.54 Å². The highest BCUT2D eigenvalue weighted by Crippen LogP contribution is 2.19. The van der Waals surface area contributed by atoms with Gasteiger partial charge in [-0.2, -0.15) is 0 Å². The standard InChI is InChI=1S/C21H30N4.HI/c1-22-21(23-13-12-18-8-3-2-4-9-18)24-17-19-10-7-11-20(16-19)25-14-5-6-15-25;/h5-8,10-11,16H,2-4,9,12-15,17H2,1H3,(H2,22,23,24);1H. The number of hydrogen-bond donors (Lipinski definition) is 2. The number of hydrogen-bond acceptors (Lipinski definition) is 2. The van der Waals surface area contributed by atoms with Gasteiger partial charge >= 0.3 is 0 Å². The highest BCUT2D eigenvalue weighted by Gasteiger charge is 2.08. The first-order valence-electron chi connectivity index (χ1n) is 9.46. The van der Waals surface area contributed by atoms with Gasteiger partial charge in [0.15, 0.2) is 5.96 Å². The summed E-state index contributed by atoms with van der Waals surface area (Å²) in [4.78, 5) is 6.71. The highest BCUT2D eigenvalue weighted by molar-refractivity contribution is 14.0. The van der Waals surface area contributed by atoms with Crippen LogP contribution in [0, 0.1) is 0 Å². The highest BCUT2D eigenvalue weighted by atomic mass is 127. The van der Waals surface area contributed by atoms with Gasteiger partial charge in [-0.3, -0.25) is 4.99 Å². The normalized spacial score (nSPS) is 16.9. The Morgan fingerprint density at radius 2 is 2.00 bits per heavy atom. The van der Waals surface area contributed by atoms with E-state index in [4.69, 9.17) is 0 Å². The summed E-state index contributed by atoms with van der Waals surface area (Å²) in [6.07, 6.45) is 13.2. The van der Waals surface area contributed by atoms with Crippen LogP contribution in [-0.4, -0.2) is 32.6 Å². The number of nitrogens with zero attached hydrogens (tertiary/aromatic N) is 2. The lowest BCUT2D eigenvalue weighted by molar-refractivity contribution is 0.665. The van der Waals surface area contributed by atoms with Crippen LogP contribution in [0.15, 0.2) is 53.1 Å². The van der Waals surface area contributed by atoms with Crippen LogP contribution in [0.2, 0.25) is 0 Å². The Kier molecular flexibility index (Phi) is 9.01. The summed E-state index contributed by atoms with van der Waals surface area (Å²) in [6.45, 7) is 3.76. The zero-order valence-electron chi connectivity index (χ0n) is 15.7. The number of anilines is 1. The van der Waals surface area contributed by atoms with Gasteiger partial charge in [0.25, 0.3) is 0 Å². The smallest absolute Gasteiger partial charge is 0.191 e. The molecular weight excluding hydrogens is 435 g/mol. The molecule has 1 aliphatic carbocycles. The Labute approximate surface area is 174 Å². The van der Waals surface area contributed by atoms with Crippen molar-refractivity contribution in [3.05, 3.63) is 53.6 Å². The van der Waals surface area contributed by atoms with Crippen LogP contribution in [0.1, 0.15) is 37.7 Å². The molecule has 2 N–H and O–H groups in total. The maximum atomic E-state index is 4.34. The lowest BCUT2D eigenvalue weighted by Gasteiger charge is -2.19. The van der Waals surface area contributed by atoms with E-state index >= 15 is 0 Å². The van der Waals surface area contributed by atoms with Crippen LogP contribution in [0.4, 0.5) is 5.69 Å². The number of rotatable bonds is 6. The summed E-state index contributed by atoms with van der Waals surface area (Å²) in [5.41, 5.74) is 4.17. The predicted molar refractivity (Wildman–Crippen MR) is 123 cm³/mol. The Morgan fingerprint density at radius 3 is 2.73 bits per heavy atom. The molecule has 0 atom stereocenters. The van der Waals surface area contributed by atoms with Crippen molar-refractivity contribution in [2.75, 3.05) is 31.6 Å². The third kappa shape index (κ3) is 6.34. The van der Waals surface area contributed by atoms with Gasteiger partial charge in [-0.1, -0.05) is 35.9 Å². The van der Waals surface area contributed by atoms with E-state index < -0.39 is 0 Å². The summed E-state index contributed by atoms with van der Waals surface area (Å²) in [7, 11) is 1.83. The van der Waals surface area contributed by atoms with Gasteiger partial charge in [-0.05, 0) is 49.8 Å². The number of aliphatic imine (C=N–C) groups is 1. The van der Waals surface area contributed by atoms with E-state index in [0.717, 1.165) is 38.6 Å². The molecule has 5 heteroatoms. The molecule has 142 valence electrons. The lowest BCUT2D eigenvalue weighted by atomic mass is 9.97. The van der Waals surface area contributed by atoms with E-state index in [1.54, 1.807) is 5.57 Å². The van der Waals surface area contributed by atoms with E-state index in [1.807, 2.05) is 7.05 Å². The topological polar surface area (TPSA) is 39.7 Å². The fourth-order valence-electron chi connectivity index (χ4n) is 3.43. The summed E-state index contributed by atoms with van der Waals surface area (Å²) < 4.78 is 0. The molecule has 0 unspecified atom stereocenters. The fraction of sp³-hybridized carbons (Fsp3) is 0.476. The largest absolute Gasteiger partial charge is 0.364 e. The van der Waals surface area contributed by atoms with Gasteiger partial charge in [-0.25, -0.2) is 0 Å². The second-order valence-corrected chi connectivity index (χ2v) is 6.76. The molecule has 0 saturated carbocycles. The van der Waals surface area contributed by atoms with Gasteiger partial charge < -0.3 is 15.5 Å². The molecule has 3 rings (SSSR count). The fourth-order valence-corrected chi connectivity index (χ4v) is 3.43. The van der Waals surface area contributed by atoms with Gasteiger partial charge in [0.2, 0.25) is 0 Å². The molecule has 26 heavy (non-hydrogen) atoms. The van der Waals surface area contributed by atoms with Crippen molar-refractivity contribution in [3.8, 4) is 0 Å². The van der Waals surface area contributed by atoms with Crippen molar-refractivity contribution in [2.24, 2.45) is 4.99 Å². The molecule has 0 aromatic heterocycles. The molecule has 0 fully saturated rings. The summed E-state index contributed by atoms with van der Waals surface area (Å²) in [6, 6.07) is 8.75. The summed E-state index contributed by atoms with van der Waals surface area (Å²) >= 11 is 0. The first-order valence-corrected chi connectivity index (χ1v) is 9.46. The van der Waals surface area contributed by atoms with Crippen LogP contribution in [0.5, 0.6) is 0 Å². The molecule has 2 aliphatic rings. The third-order valence-corrected chi connectivity index (χ3v) is 4.90. The molecule has 4 nitrogen and oxygen atoms in total. The van der Waals surface area contributed by atoms with Crippen LogP contribution in [0.25, 0.3) is 0 Å². The number of guanidine groups is 1. The van der Waals surface area contributed by atoms with E-state index in [2.05, 4.69) is 63.0 Å². The second-order valence-electron chi connectivity index (χ2n) is 6.76. The van der Waals surface area contributed by atoms with Gasteiger partial charge in [0.05, 0.1) is 0 Å². The zero-order chi connectivity index (χ0) is 17.3. The molecule has 1 aromatic rings. The second kappa shape index (κ2) is 11.3. The molecule has 1 heterocycles. The van der Waals surface area contributed by atoms with Crippen LogP contribution >= 0.6 is 24.0 Å². The first-order chi connectivity index (χ1) is 12.3. The summed E-state index contributed by atoms with van der Waals surface area (Å²) in [5.74, 6) is 0.879. The quantitative estimate of drug-likeness (QED) is 0.285. The number of benzene rings is 1. The van der Waals surface area contributed by atoms with Gasteiger partial charge in [0, 0.05) is 38.9 Å². The Hall–Kier alpha value is -1.50. The Morgan fingerprint density at radius 1 is 1.15 bits per heavy atom. The maximum absolute atomic E-state index is 4.34. The Bertz CT molecular complexity index is 643. The van der Waals surface area contributed by atoms with Crippen molar-refractivity contribution < 1.29 is 0 Å². The van der Waals surface area contributed by atoms with Crippen molar-refractivity contribution in [2.45, 2.75) is 38.6 Å². The average Bonchev–Trinajstić information content (AvgIpc) is 3.20. The van der Waals surface area contributed by atoms with Crippen molar-refractivity contribution >= 4 is 35.6 Å². The monoisotopic (exact) mass is 466 g/mol. The van der Waals surface area contributed by atoms with E-state index in [1.165, 1.54) is 36.9 Å². The van der Waals surface area contributed by atoms with E-state index in [-0.39, 0.29) is 24.0 Å². The minimum atomic E-state index is 0. The minimum absolute atomic E-state index is 0. The summed E-state index contributed by atoms with van der Waals surface area (Å²) in [5, 5.41) is 6.86. The van der Waals surface area contributed by atoms with E-state index in [9.17, 15) is 0 Å². The molecule has 0 bridgehead atoms. The molecule has 0 spiro atoms. The van der Waals surface area contributed by atoms with Gasteiger partial charge in [0.1, 0.15) is 0 Å². The number of nitrogens with one attached hydrogen (secondary N) is 2. The lowest BCUT2D eigenvalue weighted by Crippen LogP contribution is -2.37.